The Kier molecular flexibility index (Phi) is 9.60. The van der Waals surface area contributed by atoms with E-state index in [9.17, 15) is 35.9 Å². The number of ether oxygens (including phenoxy) is 6. The van der Waals surface area contributed by atoms with E-state index >= 15 is 0 Å². The van der Waals surface area contributed by atoms with Crippen LogP contribution in [0.25, 0.3) is 0 Å². The van der Waals surface area contributed by atoms with Crippen LogP contribution in [0.3, 0.4) is 0 Å². The van der Waals surface area contributed by atoms with Crippen molar-refractivity contribution in [3.8, 4) is 0 Å². The molecule has 2 aliphatic carbocycles. The van der Waals surface area contributed by atoms with Crippen molar-refractivity contribution in [2.75, 3.05) is 13.2 Å². The Hall–Kier alpha value is -2.64. The molecule has 2 unspecified atom stereocenters. The molecule has 12 nitrogen and oxygen atoms in total. The van der Waals surface area contributed by atoms with Crippen molar-refractivity contribution in [1.29, 1.82) is 0 Å². The molecular weight excluding hydrogens is 750 g/mol. The monoisotopic (exact) mass is 796 g/mol. The highest BCUT2D eigenvalue weighted by Crippen LogP contribution is 2.63. The standard InChI is InChI=1S/C37H46F6O12/c1-18-8-10-24-20(28(36(38,39)40)48-30-34(24)22(18)12-14-32(3,50-30)52-54-34)16-46-26(44)6-5-7-27(45)47-17-21-25-11-9-19(2)23-13-15-33(4)51-31(35(23,25)55-53-33)49-29(21)37(41,42)43/h18-19,22-25,30-31H,5-17H2,1-4H3/t18-,19-,22?,23?,24+,25+,30-,31-,32-,33-,34-,35-/m1/s1. The highest BCUT2D eigenvalue weighted by atomic mass is 19.4. The van der Waals surface area contributed by atoms with Crippen LogP contribution in [0, 0.1) is 35.5 Å². The van der Waals surface area contributed by atoms with Gasteiger partial charge in [0.05, 0.1) is 0 Å². The van der Waals surface area contributed by atoms with Gasteiger partial charge < -0.3 is 28.4 Å². The fourth-order valence-electron chi connectivity index (χ4n) is 10.6. The van der Waals surface area contributed by atoms with Crippen LogP contribution >= 0.6 is 0 Å². The number of carbonyl (C=O) groups excluding carboxylic acids is 2. The first-order chi connectivity index (χ1) is 25.8. The molecule has 8 fully saturated rings. The molecule has 18 heteroatoms. The Bertz CT molecular complexity index is 1520. The molecule has 308 valence electrons. The van der Waals surface area contributed by atoms with E-state index < -0.39 is 96.2 Å². The van der Waals surface area contributed by atoms with Crippen LogP contribution in [0.15, 0.2) is 22.7 Å². The van der Waals surface area contributed by atoms with Gasteiger partial charge in [0.2, 0.25) is 35.7 Å². The van der Waals surface area contributed by atoms with Crippen LogP contribution in [-0.2, 0) is 57.6 Å². The van der Waals surface area contributed by atoms with Gasteiger partial charge in [0, 0.05) is 60.5 Å². The van der Waals surface area contributed by atoms with E-state index in [1.165, 1.54) is 0 Å². The van der Waals surface area contributed by atoms with Crippen LogP contribution in [0.5, 0.6) is 0 Å². The predicted molar refractivity (Wildman–Crippen MR) is 170 cm³/mol. The summed E-state index contributed by atoms with van der Waals surface area (Å²) < 4.78 is 120. The van der Waals surface area contributed by atoms with Crippen LogP contribution in [0.2, 0.25) is 0 Å². The quantitative estimate of drug-likeness (QED) is 0.138. The van der Waals surface area contributed by atoms with E-state index in [2.05, 4.69) is 0 Å². The average Bonchev–Trinajstić information content (AvgIpc) is 3.48. The van der Waals surface area contributed by atoms with Gasteiger partial charge in [-0.3, -0.25) is 9.59 Å². The molecular formula is C37H46F6O12. The lowest BCUT2D eigenvalue weighted by molar-refractivity contribution is -0.558. The van der Waals surface area contributed by atoms with Crippen LogP contribution in [0.1, 0.15) is 98.3 Å². The van der Waals surface area contributed by atoms with E-state index in [0.29, 0.717) is 38.5 Å². The summed E-state index contributed by atoms with van der Waals surface area (Å²) in [4.78, 5) is 48.9. The third kappa shape index (κ3) is 6.44. The maximum atomic E-state index is 14.5. The summed E-state index contributed by atoms with van der Waals surface area (Å²) in [6.45, 7) is 5.69. The highest BCUT2D eigenvalue weighted by Gasteiger charge is 2.72. The van der Waals surface area contributed by atoms with Crippen molar-refractivity contribution < 1.29 is 83.9 Å². The molecule has 2 saturated carbocycles. The van der Waals surface area contributed by atoms with Crippen LogP contribution in [0.4, 0.5) is 26.3 Å². The molecule has 12 atom stereocenters. The van der Waals surface area contributed by atoms with Gasteiger partial charge in [-0.15, -0.1) is 0 Å². The molecule has 0 N–H and O–H groups in total. The zero-order valence-corrected chi connectivity index (χ0v) is 31.0. The largest absolute Gasteiger partial charge is 0.461 e. The van der Waals surface area contributed by atoms with Crippen molar-refractivity contribution in [3.63, 3.8) is 0 Å². The van der Waals surface area contributed by atoms with Gasteiger partial charge >= 0.3 is 24.3 Å². The zero-order valence-electron chi connectivity index (χ0n) is 31.0. The predicted octanol–water partition coefficient (Wildman–Crippen LogP) is 7.37. The molecule has 0 aromatic carbocycles. The molecule has 4 bridgehead atoms. The Labute approximate surface area is 313 Å². The number of alkyl halides is 6. The van der Waals surface area contributed by atoms with Gasteiger partial charge in [-0.2, -0.15) is 26.3 Å². The number of rotatable bonds is 8. The zero-order chi connectivity index (χ0) is 39.3. The minimum absolute atomic E-state index is 0.0691. The van der Waals surface area contributed by atoms with Crippen molar-refractivity contribution in [2.24, 2.45) is 35.5 Å². The molecule has 10 aliphatic rings. The number of allylic oxidation sites excluding steroid dienone is 2. The molecule has 0 amide bonds. The fraction of sp³-hybridized carbons (Fsp3) is 0.838. The second-order valence-electron chi connectivity index (χ2n) is 16.8. The first-order valence-corrected chi connectivity index (χ1v) is 19.1. The van der Waals surface area contributed by atoms with E-state index in [1.54, 1.807) is 13.8 Å². The minimum atomic E-state index is -4.93. The topological polar surface area (TPSA) is 126 Å². The van der Waals surface area contributed by atoms with E-state index in [-0.39, 0.29) is 66.9 Å². The SMILES string of the molecule is C[C@@H]1CC[C@H]2C(COC(=O)CCCC(=O)OCC3=C(C(F)(F)F)O[C@@H]4O[C@@]5(C)CCC6[C@H](C)CC[C@@H]3[C@]64OO5)=C(C(F)(F)F)O[C@@H]3O[C@@]4(C)CCC1[C@]32OO4. The minimum Gasteiger partial charge on any atom is -0.461 e. The third-order valence-electron chi connectivity index (χ3n) is 13.4. The van der Waals surface area contributed by atoms with Crippen molar-refractivity contribution >= 4 is 11.9 Å². The molecule has 0 radical (unpaired) electrons. The Morgan fingerprint density at radius 2 is 1.04 bits per heavy atom. The molecule has 8 aliphatic heterocycles. The number of hydrogen-bond donors (Lipinski definition) is 0. The van der Waals surface area contributed by atoms with E-state index in [0.717, 1.165) is 0 Å². The molecule has 10 rings (SSSR count). The Balaban J connectivity index is 0.915. The lowest BCUT2D eigenvalue weighted by atomic mass is 9.59. The number of halogens is 6. The molecule has 8 heterocycles. The van der Waals surface area contributed by atoms with E-state index in [1.807, 2.05) is 13.8 Å². The van der Waals surface area contributed by atoms with Crippen molar-refractivity contribution in [3.05, 3.63) is 22.7 Å². The normalized spacial score (nSPS) is 43.4. The first kappa shape index (κ1) is 39.2. The molecule has 55 heavy (non-hydrogen) atoms. The lowest BCUT2D eigenvalue weighted by Crippen LogP contribution is -2.67. The van der Waals surface area contributed by atoms with Gasteiger partial charge in [-0.25, -0.2) is 19.6 Å². The van der Waals surface area contributed by atoms with Crippen molar-refractivity contribution in [2.45, 2.75) is 146 Å². The lowest BCUT2D eigenvalue weighted by Gasteiger charge is -2.57. The number of carbonyl (C=O) groups is 2. The van der Waals surface area contributed by atoms with Gasteiger partial charge in [-0.05, 0) is 70.6 Å². The number of hydrogen-bond acceptors (Lipinski definition) is 12. The number of fused-ring (bicyclic) bond motifs is 4. The number of esters is 2. The van der Waals surface area contributed by atoms with Crippen LogP contribution < -0.4 is 0 Å². The maximum Gasteiger partial charge on any atom is 0.449 e. The molecule has 2 spiro atoms. The second kappa shape index (κ2) is 13.5. The third-order valence-corrected chi connectivity index (χ3v) is 13.4. The average molecular weight is 797 g/mol. The molecule has 6 saturated heterocycles. The Morgan fingerprint density at radius 1 is 0.636 bits per heavy atom. The highest BCUT2D eigenvalue weighted by molar-refractivity contribution is 5.72. The summed E-state index contributed by atoms with van der Waals surface area (Å²) in [5, 5.41) is 0. The van der Waals surface area contributed by atoms with Gasteiger partial charge in [0.15, 0.2) is 11.2 Å². The molecule has 0 aromatic rings. The smallest absolute Gasteiger partial charge is 0.449 e. The van der Waals surface area contributed by atoms with Gasteiger partial charge in [-0.1, -0.05) is 13.8 Å². The summed E-state index contributed by atoms with van der Waals surface area (Å²) in [7, 11) is 0. The van der Waals surface area contributed by atoms with Crippen LogP contribution in [-0.4, -0.2) is 72.9 Å². The molecule has 0 aromatic heterocycles. The second-order valence-corrected chi connectivity index (χ2v) is 16.8. The summed E-state index contributed by atoms with van der Waals surface area (Å²) >= 11 is 0. The maximum absolute atomic E-state index is 14.5. The fourth-order valence-corrected chi connectivity index (χ4v) is 10.6. The summed E-state index contributed by atoms with van der Waals surface area (Å²) in [6, 6.07) is 0. The first-order valence-electron chi connectivity index (χ1n) is 19.1. The Morgan fingerprint density at radius 3 is 1.42 bits per heavy atom. The summed E-state index contributed by atoms with van der Waals surface area (Å²) in [5.41, 5.74) is -3.33. The summed E-state index contributed by atoms with van der Waals surface area (Å²) in [5.74, 6) is -9.07. The van der Waals surface area contributed by atoms with E-state index in [4.69, 9.17) is 48.0 Å². The van der Waals surface area contributed by atoms with Gasteiger partial charge in [0.25, 0.3) is 0 Å². The summed E-state index contributed by atoms with van der Waals surface area (Å²) in [6.07, 6.45) is -9.86. The van der Waals surface area contributed by atoms with Crippen molar-refractivity contribution in [1.82, 2.24) is 0 Å². The van der Waals surface area contributed by atoms with Gasteiger partial charge in [0.1, 0.15) is 13.2 Å².